The van der Waals surface area contributed by atoms with Crippen molar-refractivity contribution in [2.75, 3.05) is 13.7 Å². The van der Waals surface area contributed by atoms with E-state index in [9.17, 15) is 9.90 Å². The van der Waals surface area contributed by atoms with Gasteiger partial charge in [0, 0.05) is 18.7 Å². The van der Waals surface area contributed by atoms with Crippen LogP contribution >= 0.6 is 0 Å². The van der Waals surface area contributed by atoms with E-state index in [0.717, 1.165) is 33.7 Å². The summed E-state index contributed by atoms with van der Waals surface area (Å²) in [5, 5.41) is 17.3. The molecule has 7 heteroatoms. The lowest BCUT2D eigenvalue weighted by molar-refractivity contribution is 0.0830. The smallest absolute Gasteiger partial charge is 0.251 e. The van der Waals surface area contributed by atoms with Crippen LogP contribution in [0.3, 0.4) is 0 Å². The maximum atomic E-state index is 13.1. The Morgan fingerprint density at radius 1 is 1.06 bits per heavy atom. The summed E-state index contributed by atoms with van der Waals surface area (Å²) in [5.74, 6) is 1.35. The maximum Gasteiger partial charge on any atom is 0.251 e. The number of carbonyl (C=O) groups is 1. The monoisotopic (exact) mass is 458 g/mol. The lowest BCUT2D eigenvalue weighted by atomic mass is 10.00. The molecule has 0 fully saturated rings. The van der Waals surface area contributed by atoms with Gasteiger partial charge in [0.1, 0.15) is 11.6 Å². The Morgan fingerprint density at radius 3 is 2.65 bits per heavy atom. The number of aliphatic hydroxyl groups is 1. The molecule has 0 aliphatic rings. The van der Waals surface area contributed by atoms with Gasteiger partial charge in [-0.1, -0.05) is 42.5 Å². The number of aromatic nitrogens is 2. The maximum absolute atomic E-state index is 13.1. The molecule has 4 N–H and O–H groups in total. The highest BCUT2D eigenvalue weighted by molar-refractivity contribution is 5.97. The Morgan fingerprint density at radius 2 is 1.85 bits per heavy atom. The fourth-order valence-electron chi connectivity index (χ4n) is 3.97. The molecule has 7 nitrogen and oxygen atoms in total. The second kappa shape index (κ2) is 11.0. The topological polar surface area (TPSA) is 99.3 Å². The Hall–Kier alpha value is -3.68. The average molecular weight is 459 g/mol. The number of aryl methyl sites for hydroxylation is 1. The van der Waals surface area contributed by atoms with Crippen LogP contribution in [-0.2, 0) is 13.0 Å². The number of aliphatic hydroxyl groups excluding tert-OH is 1. The number of benzene rings is 3. The highest BCUT2D eigenvalue weighted by atomic mass is 16.5. The van der Waals surface area contributed by atoms with Crippen molar-refractivity contribution in [2.24, 2.45) is 0 Å². The number of carbonyl (C=O) groups excluding carboxylic acids is 1. The number of methoxy groups -OCH3 is 1. The number of H-pyrrole nitrogens is 1. The molecule has 1 heterocycles. The number of hydrogen-bond donors (Lipinski definition) is 4. The summed E-state index contributed by atoms with van der Waals surface area (Å²) in [6.45, 7) is 2.79. The van der Waals surface area contributed by atoms with Crippen LogP contribution in [0.1, 0.15) is 27.3 Å². The molecule has 1 amide bonds. The van der Waals surface area contributed by atoms with Gasteiger partial charge in [-0.05, 0) is 54.8 Å². The van der Waals surface area contributed by atoms with Gasteiger partial charge in [-0.15, -0.1) is 0 Å². The fourth-order valence-corrected chi connectivity index (χ4v) is 3.97. The van der Waals surface area contributed by atoms with Gasteiger partial charge in [-0.25, -0.2) is 4.98 Å². The average Bonchev–Trinajstić information content (AvgIpc) is 3.23. The van der Waals surface area contributed by atoms with Crippen LogP contribution in [0.5, 0.6) is 5.75 Å². The van der Waals surface area contributed by atoms with Crippen LogP contribution in [0, 0.1) is 6.92 Å². The van der Waals surface area contributed by atoms with E-state index >= 15 is 0 Å². The molecule has 176 valence electrons. The molecular formula is C27H30N4O3. The molecule has 0 aliphatic carbocycles. The largest absolute Gasteiger partial charge is 0.497 e. The molecule has 0 saturated heterocycles. The molecule has 0 aliphatic heterocycles. The zero-order valence-corrected chi connectivity index (χ0v) is 19.4. The minimum Gasteiger partial charge on any atom is -0.497 e. The lowest BCUT2D eigenvalue weighted by Gasteiger charge is -2.25. The Bertz CT molecular complexity index is 1240. The number of aromatic amines is 1. The molecule has 0 saturated carbocycles. The second-order valence-corrected chi connectivity index (χ2v) is 8.37. The van der Waals surface area contributed by atoms with Gasteiger partial charge in [0.05, 0.1) is 30.3 Å². The van der Waals surface area contributed by atoms with E-state index in [0.29, 0.717) is 25.1 Å². The van der Waals surface area contributed by atoms with Crippen LogP contribution in [0.4, 0.5) is 0 Å². The van der Waals surface area contributed by atoms with Gasteiger partial charge in [-0.3, -0.25) is 4.79 Å². The van der Waals surface area contributed by atoms with Crippen molar-refractivity contribution in [1.82, 2.24) is 20.6 Å². The zero-order chi connectivity index (χ0) is 23.9. The SMILES string of the molecule is COc1cccc(CNC[C@H](O)[C@H](Cc2ccccc2)NC(=O)c2ccc3nc(C)[nH]c3c2)c1. The van der Waals surface area contributed by atoms with Gasteiger partial charge >= 0.3 is 0 Å². The van der Waals surface area contributed by atoms with Crippen molar-refractivity contribution in [1.29, 1.82) is 0 Å². The summed E-state index contributed by atoms with van der Waals surface area (Å²) in [6, 6.07) is 22.5. The number of nitrogens with one attached hydrogen (secondary N) is 3. The fraction of sp³-hybridized carbons (Fsp3) is 0.259. The van der Waals surface area contributed by atoms with E-state index in [2.05, 4.69) is 20.6 Å². The summed E-state index contributed by atoms with van der Waals surface area (Å²) < 4.78 is 5.27. The summed E-state index contributed by atoms with van der Waals surface area (Å²) in [4.78, 5) is 20.6. The molecule has 0 unspecified atom stereocenters. The highest BCUT2D eigenvalue weighted by Crippen LogP contribution is 2.15. The second-order valence-electron chi connectivity index (χ2n) is 8.37. The molecule has 4 aromatic rings. The minimum atomic E-state index is -0.784. The number of imidazole rings is 1. The van der Waals surface area contributed by atoms with Crippen molar-refractivity contribution in [3.63, 3.8) is 0 Å². The normalized spacial score (nSPS) is 12.9. The molecule has 0 spiro atoms. The summed E-state index contributed by atoms with van der Waals surface area (Å²) in [6.07, 6.45) is -0.270. The van der Waals surface area contributed by atoms with E-state index in [4.69, 9.17) is 4.74 Å². The molecular weight excluding hydrogens is 428 g/mol. The molecule has 3 aromatic carbocycles. The number of ether oxygens (including phenoxy) is 1. The quantitative estimate of drug-likeness (QED) is 0.292. The lowest BCUT2D eigenvalue weighted by Crippen LogP contribution is -2.48. The van der Waals surface area contributed by atoms with E-state index < -0.39 is 12.1 Å². The van der Waals surface area contributed by atoms with Crippen molar-refractivity contribution in [3.8, 4) is 5.75 Å². The first-order valence-corrected chi connectivity index (χ1v) is 11.3. The summed E-state index contributed by atoms with van der Waals surface area (Å²) >= 11 is 0. The Balaban J connectivity index is 1.44. The molecule has 1 aromatic heterocycles. The van der Waals surface area contributed by atoms with Crippen LogP contribution in [-0.4, -0.2) is 46.8 Å². The van der Waals surface area contributed by atoms with E-state index in [1.165, 1.54) is 0 Å². The zero-order valence-electron chi connectivity index (χ0n) is 19.4. The first-order chi connectivity index (χ1) is 16.5. The third-order valence-corrected chi connectivity index (χ3v) is 5.76. The van der Waals surface area contributed by atoms with Gasteiger partial charge in [0.15, 0.2) is 0 Å². The van der Waals surface area contributed by atoms with Crippen LogP contribution in [0.2, 0.25) is 0 Å². The number of amides is 1. The van der Waals surface area contributed by atoms with Crippen LogP contribution < -0.4 is 15.4 Å². The third-order valence-electron chi connectivity index (χ3n) is 5.76. The number of hydrogen-bond acceptors (Lipinski definition) is 5. The number of nitrogens with zero attached hydrogens (tertiary/aromatic N) is 1. The predicted molar refractivity (Wildman–Crippen MR) is 133 cm³/mol. The first-order valence-electron chi connectivity index (χ1n) is 11.3. The van der Waals surface area contributed by atoms with Crippen molar-refractivity contribution < 1.29 is 14.6 Å². The van der Waals surface area contributed by atoms with Crippen molar-refractivity contribution >= 4 is 16.9 Å². The standard InChI is InChI=1S/C27H30N4O3/c1-18-29-23-12-11-21(15-24(23)30-18)27(33)31-25(14-19-7-4-3-5-8-19)26(32)17-28-16-20-9-6-10-22(13-20)34-2/h3-13,15,25-26,28,32H,14,16-17H2,1-2H3,(H,29,30)(H,31,33)/t25-,26-/m0/s1. The molecule has 0 radical (unpaired) electrons. The number of fused-ring (bicyclic) bond motifs is 1. The first kappa shape index (κ1) is 23.5. The molecule has 34 heavy (non-hydrogen) atoms. The van der Waals surface area contributed by atoms with Crippen molar-refractivity contribution in [3.05, 3.63) is 95.3 Å². The van der Waals surface area contributed by atoms with Crippen LogP contribution in [0.15, 0.2) is 72.8 Å². The van der Waals surface area contributed by atoms with Gasteiger partial charge in [0.2, 0.25) is 0 Å². The number of rotatable bonds is 10. The summed E-state index contributed by atoms with van der Waals surface area (Å²) in [5.41, 5.74) is 4.24. The molecule has 0 bridgehead atoms. The van der Waals surface area contributed by atoms with E-state index in [1.807, 2.05) is 67.6 Å². The van der Waals surface area contributed by atoms with Gasteiger partial charge < -0.3 is 25.5 Å². The third kappa shape index (κ3) is 6.01. The minimum absolute atomic E-state index is 0.234. The van der Waals surface area contributed by atoms with Gasteiger partial charge in [-0.2, -0.15) is 0 Å². The predicted octanol–water partition coefficient (Wildman–Crippen LogP) is 3.37. The van der Waals surface area contributed by atoms with Crippen LogP contribution in [0.25, 0.3) is 11.0 Å². The van der Waals surface area contributed by atoms with Gasteiger partial charge in [0.25, 0.3) is 5.91 Å². The Kier molecular flexibility index (Phi) is 7.57. The molecule has 4 rings (SSSR count). The molecule has 2 atom stereocenters. The van der Waals surface area contributed by atoms with Crippen molar-refractivity contribution in [2.45, 2.75) is 32.0 Å². The van der Waals surface area contributed by atoms with E-state index in [-0.39, 0.29) is 5.91 Å². The highest BCUT2D eigenvalue weighted by Gasteiger charge is 2.22. The summed E-state index contributed by atoms with van der Waals surface area (Å²) in [7, 11) is 1.64. The van der Waals surface area contributed by atoms with E-state index in [1.54, 1.807) is 19.2 Å². The Labute approximate surface area is 199 Å².